The Balaban J connectivity index is 4.01. The standard InChI is InChI=1S/C14H26N2O4/c1-4-11(2)16(10-14(19)20)13(18)8-6-5-7-9-15-12(3)17/h11H,4-10H2,1-3H3,(H,15,17)(H,19,20). The molecule has 2 amide bonds. The van der Waals surface area contributed by atoms with Crippen molar-refractivity contribution in [1.82, 2.24) is 10.2 Å². The minimum atomic E-state index is -0.982. The van der Waals surface area contributed by atoms with Gasteiger partial charge in [0.05, 0.1) is 0 Å². The molecule has 0 rings (SSSR count). The van der Waals surface area contributed by atoms with Gasteiger partial charge < -0.3 is 15.3 Å². The zero-order valence-corrected chi connectivity index (χ0v) is 12.6. The molecule has 6 heteroatoms. The van der Waals surface area contributed by atoms with Crippen LogP contribution < -0.4 is 5.32 Å². The number of carboxylic acid groups (broad SMARTS) is 1. The SMILES string of the molecule is CCC(C)N(CC(=O)O)C(=O)CCCCCNC(C)=O. The third-order valence-corrected chi connectivity index (χ3v) is 3.19. The molecule has 0 aliphatic heterocycles. The quantitative estimate of drug-likeness (QED) is 0.594. The monoisotopic (exact) mass is 286 g/mol. The van der Waals surface area contributed by atoms with Crippen LogP contribution in [0.4, 0.5) is 0 Å². The van der Waals surface area contributed by atoms with Gasteiger partial charge in [0.25, 0.3) is 0 Å². The lowest BCUT2D eigenvalue weighted by Gasteiger charge is -2.27. The first-order valence-electron chi connectivity index (χ1n) is 7.14. The molecule has 0 aliphatic rings. The van der Waals surface area contributed by atoms with Gasteiger partial charge >= 0.3 is 5.97 Å². The smallest absolute Gasteiger partial charge is 0.323 e. The van der Waals surface area contributed by atoms with E-state index >= 15 is 0 Å². The van der Waals surface area contributed by atoms with Crippen molar-refractivity contribution in [2.45, 2.75) is 58.9 Å². The Labute approximate surface area is 120 Å². The summed E-state index contributed by atoms with van der Waals surface area (Å²) < 4.78 is 0. The molecule has 0 aromatic rings. The van der Waals surface area contributed by atoms with Crippen LogP contribution in [-0.4, -0.2) is 46.9 Å². The van der Waals surface area contributed by atoms with Crippen LogP contribution in [0.5, 0.6) is 0 Å². The zero-order chi connectivity index (χ0) is 15.5. The fourth-order valence-corrected chi connectivity index (χ4v) is 1.84. The molecule has 20 heavy (non-hydrogen) atoms. The predicted octanol–water partition coefficient (Wildman–Crippen LogP) is 1.39. The Morgan fingerprint density at radius 2 is 1.85 bits per heavy atom. The van der Waals surface area contributed by atoms with E-state index in [-0.39, 0.29) is 24.4 Å². The number of carboxylic acids is 1. The number of unbranched alkanes of at least 4 members (excludes halogenated alkanes) is 2. The van der Waals surface area contributed by atoms with Crippen molar-refractivity contribution in [1.29, 1.82) is 0 Å². The lowest BCUT2D eigenvalue weighted by molar-refractivity contribution is -0.146. The molecule has 0 saturated heterocycles. The maximum absolute atomic E-state index is 12.0. The normalized spacial score (nSPS) is 11.8. The summed E-state index contributed by atoms with van der Waals surface area (Å²) in [5.41, 5.74) is 0. The molecule has 0 aromatic heterocycles. The first kappa shape index (κ1) is 18.4. The van der Waals surface area contributed by atoms with E-state index in [0.29, 0.717) is 19.4 Å². The van der Waals surface area contributed by atoms with E-state index in [1.165, 1.54) is 11.8 Å². The number of carbonyl (C=O) groups excluding carboxylic acids is 2. The van der Waals surface area contributed by atoms with Gasteiger partial charge in [0.2, 0.25) is 11.8 Å². The number of carbonyl (C=O) groups is 3. The average molecular weight is 286 g/mol. The first-order valence-corrected chi connectivity index (χ1v) is 7.14. The summed E-state index contributed by atoms with van der Waals surface area (Å²) in [6, 6.07) is -0.0574. The Bertz CT molecular complexity index is 331. The van der Waals surface area contributed by atoms with Crippen molar-refractivity contribution in [2.75, 3.05) is 13.1 Å². The number of hydrogen-bond donors (Lipinski definition) is 2. The maximum atomic E-state index is 12.0. The van der Waals surface area contributed by atoms with Crippen LogP contribution in [0, 0.1) is 0 Å². The highest BCUT2D eigenvalue weighted by atomic mass is 16.4. The number of rotatable bonds is 10. The second-order valence-corrected chi connectivity index (χ2v) is 4.97. The van der Waals surface area contributed by atoms with Crippen LogP contribution >= 0.6 is 0 Å². The summed E-state index contributed by atoms with van der Waals surface area (Å²) in [6.45, 7) is 5.64. The van der Waals surface area contributed by atoms with Crippen LogP contribution in [0.3, 0.4) is 0 Å². The molecule has 0 heterocycles. The van der Waals surface area contributed by atoms with Crippen molar-refractivity contribution >= 4 is 17.8 Å². The molecule has 0 radical (unpaired) electrons. The number of hydrogen-bond acceptors (Lipinski definition) is 3. The number of aliphatic carboxylic acids is 1. The average Bonchev–Trinajstić information content (AvgIpc) is 2.38. The maximum Gasteiger partial charge on any atom is 0.323 e. The highest BCUT2D eigenvalue weighted by Crippen LogP contribution is 2.09. The molecular weight excluding hydrogens is 260 g/mol. The van der Waals surface area contributed by atoms with E-state index in [9.17, 15) is 14.4 Å². The van der Waals surface area contributed by atoms with Gasteiger partial charge in [-0.3, -0.25) is 14.4 Å². The molecule has 0 saturated carbocycles. The van der Waals surface area contributed by atoms with Gasteiger partial charge in [-0.05, 0) is 26.2 Å². The first-order chi connectivity index (χ1) is 9.38. The Morgan fingerprint density at radius 1 is 1.20 bits per heavy atom. The van der Waals surface area contributed by atoms with Crippen molar-refractivity contribution in [3.8, 4) is 0 Å². The number of nitrogens with one attached hydrogen (secondary N) is 1. The highest BCUT2D eigenvalue weighted by molar-refractivity contribution is 5.81. The molecule has 0 aromatic carbocycles. The second kappa shape index (κ2) is 10.2. The molecule has 0 fully saturated rings. The van der Waals surface area contributed by atoms with Crippen LogP contribution in [-0.2, 0) is 14.4 Å². The van der Waals surface area contributed by atoms with Crippen molar-refractivity contribution < 1.29 is 19.5 Å². The van der Waals surface area contributed by atoms with E-state index in [2.05, 4.69) is 5.32 Å². The molecule has 6 nitrogen and oxygen atoms in total. The van der Waals surface area contributed by atoms with Crippen molar-refractivity contribution in [2.24, 2.45) is 0 Å². The number of amides is 2. The molecule has 1 atom stereocenters. The van der Waals surface area contributed by atoms with E-state index in [0.717, 1.165) is 19.3 Å². The Morgan fingerprint density at radius 3 is 2.35 bits per heavy atom. The lowest BCUT2D eigenvalue weighted by atomic mass is 10.1. The summed E-state index contributed by atoms with van der Waals surface area (Å²) in [4.78, 5) is 34.9. The molecule has 2 N–H and O–H groups in total. The van der Waals surface area contributed by atoms with Crippen molar-refractivity contribution in [3.63, 3.8) is 0 Å². The summed E-state index contributed by atoms with van der Waals surface area (Å²) in [6.07, 6.45) is 3.48. The molecule has 0 bridgehead atoms. The molecular formula is C14H26N2O4. The lowest BCUT2D eigenvalue weighted by Crippen LogP contribution is -2.41. The Hall–Kier alpha value is -1.59. The van der Waals surface area contributed by atoms with Gasteiger partial charge in [0.15, 0.2) is 0 Å². The molecule has 0 spiro atoms. The van der Waals surface area contributed by atoms with Gasteiger partial charge in [0.1, 0.15) is 6.54 Å². The molecule has 1 unspecified atom stereocenters. The second-order valence-electron chi connectivity index (χ2n) is 4.97. The summed E-state index contributed by atoms with van der Waals surface area (Å²) in [5.74, 6) is -1.14. The zero-order valence-electron chi connectivity index (χ0n) is 12.6. The van der Waals surface area contributed by atoms with Crippen LogP contribution in [0.1, 0.15) is 52.9 Å². The fraction of sp³-hybridized carbons (Fsp3) is 0.786. The summed E-state index contributed by atoms with van der Waals surface area (Å²) >= 11 is 0. The molecule has 116 valence electrons. The largest absolute Gasteiger partial charge is 0.480 e. The summed E-state index contributed by atoms with van der Waals surface area (Å²) in [5, 5.41) is 11.5. The van der Waals surface area contributed by atoms with Gasteiger partial charge in [-0.25, -0.2) is 0 Å². The topological polar surface area (TPSA) is 86.7 Å². The Kier molecular flexibility index (Phi) is 9.41. The van der Waals surface area contributed by atoms with Gasteiger partial charge in [-0.1, -0.05) is 13.3 Å². The van der Waals surface area contributed by atoms with Crippen LogP contribution in [0.2, 0.25) is 0 Å². The minimum absolute atomic E-state index is 0.0505. The van der Waals surface area contributed by atoms with Crippen molar-refractivity contribution in [3.05, 3.63) is 0 Å². The number of nitrogens with zero attached hydrogens (tertiary/aromatic N) is 1. The van der Waals surface area contributed by atoms with Gasteiger partial charge in [-0.15, -0.1) is 0 Å². The van der Waals surface area contributed by atoms with Gasteiger partial charge in [0, 0.05) is 25.9 Å². The van der Waals surface area contributed by atoms with E-state index in [4.69, 9.17) is 5.11 Å². The third kappa shape index (κ3) is 8.50. The highest BCUT2D eigenvalue weighted by Gasteiger charge is 2.20. The van der Waals surface area contributed by atoms with E-state index < -0.39 is 5.97 Å². The van der Waals surface area contributed by atoms with Crippen LogP contribution in [0.15, 0.2) is 0 Å². The van der Waals surface area contributed by atoms with E-state index in [1.807, 2.05) is 13.8 Å². The predicted molar refractivity (Wildman–Crippen MR) is 76.3 cm³/mol. The fourth-order valence-electron chi connectivity index (χ4n) is 1.84. The van der Waals surface area contributed by atoms with Crippen LogP contribution in [0.25, 0.3) is 0 Å². The van der Waals surface area contributed by atoms with E-state index in [1.54, 1.807) is 0 Å². The minimum Gasteiger partial charge on any atom is -0.480 e. The molecule has 0 aliphatic carbocycles. The summed E-state index contributed by atoms with van der Waals surface area (Å²) in [7, 11) is 0. The third-order valence-electron chi connectivity index (χ3n) is 3.19. The van der Waals surface area contributed by atoms with Gasteiger partial charge in [-0.2, -0.15) is 0 Å².